The highest BCUT2D eigenvalue weighted by Crippen LogP contribution is 2.31. The van der Waals surface area contributed by atoms with Crippen molar-refractivity contribution < 1.29 is 23.1 Å². The Morgan fingerprint density at radius 2 is 1.77 bits per heavy atom. The smallest absolute Gasteiger partial charge is 0.235 e. The Morgan fingerprint density at radius 3 is 2.47 bits per heavy atom. The van der Waals surface area contributed by atoms with Gasteiger partial charge in [-0.3, -0.25) is 9.59 Å². The van der Waals surface area contributed by atoms with Crippen LogP contribution in [0.2, 0.25) is 0 Å². The fraction of sp³-hybridized carbons (Fsp3) is 0.167. The van der Waals surface area contributed by atoms with E-state index in [0.717, 1.165) is 0 Å². The standard InChI is InChI=1S/C24H20O6/c1-15(2)29-17-11-9-16(10-12-17)19(25)14-28-24-22(26)18-6-3-4-7-20(18)30-23(24)21-8-5-13-27-21/h3-13,15H,14H2,1-2H3. The number of Topliss-reactive ketones (excluding diaryl/α,β-unsaturated/α-hetero) is 1. The molecular formula is C24H20O6. The molecule has 0 aliphatic carbocycles. The van der Waals surface area contributed by atoms with Crippen molar-refractivity contribution >= 4 is 16.8 Å². The molecule has 0 radical (unpaired) electrons. The van der Waals surface area contributed by atoms with Crippen molar-refractivity contribution in [1.29, 1.82) is 0 Å². The lowest BCUT2D eigenvalue weighted by Crippen LogP contribution is -2.17. The number of hydrogen-bond acceptors (Lipinski definition) is 6. The van der Waals surface area contributed by atoms with Crippen LogP contribution in [0.1, 0.15) is 24.2 Å². The summed E-state index contributed by atoms with van der Waals surface area (Å²) in [5.41, 5.74) is 0.501. The second-order valence-corrected chi connectivity index (χ2v) is 6.97. The molecule has 2 aromatic carbocycles. The number of para-hydroxylation sites is 1. The zero-order valence-corrected chi connectivity index (χ0v) is 16.6. The molecule has 0 amide bonds. The Balaban J connectivity index is 1.62. The fourth-order valence-electron chi connectivity index (χ4n) is 3.04. The highest BCUT2D eigenvalue weighted by Gasteiger charge is 2.20. The number of benzene rings is 2. The summed E-state index contributed by atoms with van der Waals surface area (Å²) in [5, 5.41) is 0.366. The minimum Gasteiger partial charge on any atom is -0.491 e. The first-order valence-corrected chi connectivity index (χ1v) is 9.55. The first-order chi connectivity index (χ1) is 14.5. The summed E-state index contributed by atoms with van der Waals surface area (Å²) < 4.78 is 22.5. The molecule has 0 N–H and O–H groups in total. The van der Waals surface area contributed by atoms with Crippen molar-refractivity contribution in [2.75, 3.05) is 6.61 Å². The van der Waals surface area contributed by atoms with Crippen LogP contribution in [0.25, 0.3) is 22.5 Å². The Hall–Kier alpha value is -3.80. The van der Waals surface area contributed by atoms with Crippen molar-refractivity contribution in [1.82, 2.24) is 0 Å². The molecule has 0 saturated heterocycles. The Labute approximate surface area is 172 Å². The lowest BCUT2D eigenvalue weighted by molar-refractivity contribution is 0.0920. The summed E-state index contributed by atoms with van der Waals surface area (Å²) >= 11 is 0. The third kappa shape index (κ3) is 3.98. The summed E-state index contributed by atoms with van der Waals surface area (Å²) in [5.74, 6) is 0.839. The normalized spacial score (nSPS) is 11.0. The number of carbonyl (C=O) groups is 1. The van der Waals surface area contributed by atoms with Crippen molar-refractivity contribution in [3.63, 3.8) is 0 Å². The summed E-state index contributed by atoms with van der Waals surface area (Å²) in [6.07, 6.45) is 1.52. The molecule has 30 heavy (non-hydrogen) atoms. The number of ether oxygens (including phenoxy) is 2. The van der Waals surface area contributed by atoms with Crippen LogP contribution in [0.4, 0.5) is 0 Å². The second-order valence-electron chi connectivity index (χ2n) is 6.97. The molecule has 4 rings (SSSR count). The predicted molar refractivity (Wildman–Crippen MR) is 112 cm³/mol. The molecule has 0 aliphatic heterocycles. The minimum atomic E-state index is -0.364. The van der Waals surface area contributed by atoms with Gasteiger partial charge in [-0.05, 0) is 62.4 Å². The summed E-state index contributed by atoms with van der Waals surface area (Å²) in [7, 11) is 0. The highest BCUT2D eigenvalue weighted by molar-refractivity contribution is 5.97. The van der Waals surface area contributed by atoms with Gasteiger partial charge in [-0.25, -0.2) is 0 Å². The average molecular weight is 404 g/mol. The molecule has 0 unspecified atom stereocenters. The van der Waals surface area contributed by atoms with Crippen molar-refractivity contribution in [3.05, 3.63) is 82.7 Å². The Bertz CT molecular complexity index is 1220. The van der Waals surface area contributed by atoms with E-state index in [2.05, 4.69) is 0 Å². The van der Waals surface area contributed by atoms with Crippen LogP contribution in [0.5, 0.6) is 11.5 Å². The molecular weight excluding hydrogens is 384 g/mol. The van der Waals surface area contributed by atoms with E-state index in [1.807, 2.05) is 13.8 Å². The lowest BCUT2D eigenvalue weighted by Gasteiger charge is -2.11. The van der Waals surface area contributed by atoms with Crippen molar-refractivity contribution in [2.45, 2.75) is 20.0 Å². The van der Waals surface area contributed by atoms with E-state index in [1.54, 1.807) is 60.7 Å². The van der Waals surface area contributed by atoms with Gasteiger partial charge in [0, 0.05) is 5.56 Å². The zero-order valence-electron chi connectivity index (χ0n) is 16.6. The highest BCUT2D eigenvalue weighted by atomic mass is 16.5. The van der Waals surface area contributed by atoms with Gasteiger partial charge in [0.15, 0.2) is 18.2 Å². The van der Waals surface area contributed by atoms with E-state index in [-0.39, 0.29) is 35.4 Å². The Morgan fingerprint density at radius 1 is 1.00 bits per heavy atom. The number of hydrogen-bond donors (Lipinski definition) is 0. The van der Waals surface area contributed by atoms with Crippen molar-refractivity contribution in [3.8, 4) is 23.0 Å². The second kappa shape index (κ2) is 8.29. The first kappa shape index (κ1) is 19.5. The van der Waals surface area contributed by atoms with Gasteiger partial charge in [0.2, 0.25) is 16.9 Å². The average Bonchev–Trinajstić information content (AvgIpc) is 3.27. The van der Waals surface area contributed by atoms with Crippen molar-refractivity contribution in [2.24, 2.45) is 0 Å². The van der Waals surface area contributed by atoms with Gasteiger partial charge >= 0.3 is 0 Å². The van der Waals surface area contributed by atoms with Crippen LogP contribution in [0.15, 0.2) is 80.6 Å². The molecule has 4 aromatic rings. The molecule has 0 aliphatic rings. The van der Waals surface area contributed by atoms with Gasteiger partial charge in [0.1, 0.15) is 11.3 Å². The molecule has 152 valence electrons. The topological polar surface area (TPSA) is 78.9 Å². The number of furan rings is 1. The van der Waals surface area contributed by atoms with E-state index in [9.17, 15) is 9.59 Å². The lowest BCUT2D eigenvalue weighted by atomic mass is 10.1. The third-order valence-electron chi connectivity index (χ3n) is 4.40. The number of rotatable bonds is 7. The first-order valence-electron chi connectivity index (χ1n) is 9.55. The van der Waals surface area contributed by atoms with Crippen LogP contribution in [-0.4, -0.2) is 18.5 Å². The van der Waals surface area contributed by atoms with E-state index in [1.165, 1.54) is 6.26 Å². The van der Waals surface area contributed by atoms with Gasteiger partial charge in [-0.1, -0.05) is 12.1 Å². The quantitative estimate of drug-likeness (QED) is 0.399. The largest absolute Gasteiger partial charge is 0.491 e. The molecule has 0 atom stereocenters. The van der Waals surface area contributed by atoms with Crippen LogP contribution in [0, 0.1) is 0 Å². The summed E-state index contributed by atoms with van der Waals surface area (Å²) in [6.45, 7) is 3.54. The van der Waals surface area contributed by atoms with Crippen LogP contribution in [-0.2, 0) is 0 Å². The SMILES string of the molecule is CC(C)Oc1ccc(C(=O)COc2c(-c3ccco3)oc3ccccc3c2=O)cc1. The van der Waals surface area contributed by atoms with Gasteiger partial charge in [-0.2, -0.15) is 0 Å². The van der Waals surface area contributed by atoms with Crippen LogP contribution < -0.4 is 14.9 Å². The zero-order chi connectivity index (χ0) is 21.1. The van der Waals surface area contributed by atoms with Gasteiger partial charge in [0.25, 0.3) is 0 Å². The third-order valence-corrected chi connectivity index (χ3v) is 4.40. The maximum Gasteiger partial charge on any atom is 0.235 e. The molecule has 6 heteroatoms. The van der Waals surface area contributed by atoms with E-state index < -0.39 is 0 Å². The minimum absolute atomic E-state index is 0.0436. The van der Waals surface area contributed by atoms with Gasteiger partial charge in [0.05, 0.1) is 17.8 Å². The molecule has 6 nitrogen and oxygen atoms in total. The number of fused-ring (bicyclic) bond motifs is 1. The molecule has 0 fully saturated rings. The van der Waals surface area contributed by atoms with E-state index in [4.69, 9.17) is 18.3 Å². The monoisotopic (exact) mass is 404 g/mol. The maximum atomic E-state index is 13.0. The number of ketones is 1. The molecule has 0 spiro atoms. The predicted octanol–water partition coefficient (Wildman–Crippen LogP) is 5.10. The summed E-state index contributed by atoms with van der Waals surface area (Å²) in [4.78, 5) is 25.6. The fourth-order valence-corrected chi connectivity index (χ4v) is 3.04. The van der Waals surface area contributed by atoms with Crippen LogP contribution >= 0.6 is 0 Å². The van der Waals surface area contributed by atoms with Gasteiger partial charge in [-0.15, -0.1) is 0 Å². The molecule has 0 bridgehead atoms. The number of carbonyl (C=O) groups excluding carboxylic acids is 1. The summed E-state index contributed by atoms with van der Waals surface area (Å²) in [6, 6.07) is 17.0. The van der Waals surface area contributed by atoms with E-state index >= 15 is 0 Å². The van der Waals surface area contributed by atoms with Crippen LogP contribution in [0.3, 0.4) is 0 Å². The van der Waals surface area contributed by atoms with Gasteiger partial charge < -0.3 is 18.3 Å². The molecule has 0 saturated carbocycles. The van der Waals surface area contributed by atoms with E-state index in [0.29, 0.717) is 28.0 Å². The molecule has 2 aromatic heterocycles. The molecule has 2 heterocycles. The Kier molecular flexibility index (Phi) is 5.39. The maximum absolute atomic E-state index is 13.0.